The molecule has 1 rings (SSSR count). The lowest BCUT2D eigenvalue weighted by Crippen LogP contribution is -2.19. The van der Waals surface area contributed by atoms with Gasteiger partial charge in [0, 0.05) is 19.1 Å². The summed E-state index contributed by atoms with van der Waals surface area (Å²) < 4.78 is 23.7. The Kier molecular flexibility index (Phi) is 3.83. The first-order valence-electron chi connectivity index (χ1n) is 4.48. The maximum Gasteiger partial charge on any atom is 0.203 e. The van der Waals surface area contributed by atoms with Crippen LogP contribution in [-0.4, -0.2) is 27.4 Å². The molecule has 0 amide bonds. The van der Waals surface area contributed by atoms with Gasteiger partial charge in [0.25, 0.3) is 0 Å². The van der Waals surface area contributed by atoms with Gasteiger partial charge in [-0.2, -0.15) is 0 Å². The van der Waals surface area contributed by atoms with Crippen LogP contribution < -0.4 is 5.73 Å². The maximum absolute atomic E-state index is 11.8. The zero-order valence-electron chi connectivity index (χ0n) is 9.01. The van der Waals surface area contributed by atoms with Gasteiger partial charge in [-0.3, -0.25) is 0 Å². The van der Waals surface area contributed by atoms with E-state index in [1.165, 1.54) is 29.2 Å². The number of sulfone groups is 1. The summed E-state index contributed by atoms with van der Waals surface area (Å²) in [6, 6.07) is 5.93. The number of rotatable bonds is 3. The lowest BCUT2D eigenvalue weighted by atomic mass is 10.4. The van der Waals surface area contributed by atoms with E-state index in [2.05, 4.69) is 0 Å². The van der Waals surface area contributed by atoms with Gasteiger partial charge < -0.3 is 10.6 Å². The van der Waals surface area contributed by atoms with Crippen LogP contribution in [0.2, 0.25) is 5.02 Å². The molecule has 1 aromatic carbocycles. The van der Waals surface area contributed by atoms with Crippen LogP contribution in [0.4, 0.5) is 0 Å². The van der Waals surface area contributed by atoms with Gasteiger partial charge in [0.05, 0.1) is 10.3 Å². The normalized spacial score (nSPS) is 12.6. The van der Waals surface area contributed by atoms with E-state index in [0.717, 1.165) is 5.41 Å². The van der Waals surface area contributed by atoms with E-state index in [1.807, 2.05) is 0 Å². The number of nitrogens with zero attached hydrogens (tertiary/aromatic N) is 1. The van der Waals surface area contributed by atoms with E-state index >= 15 is 0 Å². The molecule has 16 heavy (non-hydrogen) atoms. The Balaban J connectivity index is 3.13. The van der Waals surface area contributed by atoms with Crippen molar-refractivity contribution in [3.8, 4) is 0 Å². The molecule has 0 spiro atoms. The number of hydrogen-bond donors (Lipinski definition) is 1. The molecular weight excluding hydrogens is 248 g/mol. The third-order valence-electron chi connectivity index (χ3n) is 1.93. The van der Waals surface area contributed by atoms with E-state index < -0.39 is 9.84 Å². The number of nitrogens with two attached hydrogens (primary N) is 1. The van der Waals surface area contributed by atoms with Crippen molar-refractivity contribution < 1.29 is 8.42 Å². The van der Waals surface area contributed by atoms with E-state index in [-0.39, 0.29) is 10.7 Å². The quantitative estimate of drug-likeness (QED) is 0.893. The van der Waals surface area contributed by atoms with E-state index in [1.54, 1.807) is 14.1 Å². The Morgan fingerprint density at radius 1 is 1.31 bits per heavy atom. The Morgan fingerprint density at radius 2 is 1.81 bits per heavy atom. The second kappa shape index (κ2) is 4.76. The first-order chi connectivity index (χ1) is 7.33. The lowest BCUT2D eigenvalue weighted by molar-refractivity contribution is 0.506. The summed E-state index contributed by atoms with van der Waals surface area (Å²) >= 11 is 5.67. The molecule has 1 aromatic rings. The van der Waals surface area contributed by atoms with Crippen molar-refractivity contribution in [3.63, 3.8) is 0 Å². The number of hydrogen-bond acceptors (Lipinski definition) is 4. The molecule has 0 unspecified atom stereocenters. The summed E-state index contributed by atoms with van der Waals surface area (Å²) in [5.74, 6) is 0.176. The predicted octanol–water partition coefficient (Wildman–Crippen LogP) is 1.43. The van der Waals surface area contributed by atoms with Gasteiger partial charge in [0.2, 0.25) is 9.84 Å². The first-order valence-corrected chi connectivity index (χ1v) is 6.40. The fourth-order valence-corrected chi connectivity index (χ4v) is 2.26. The van der Waals surface area contributed by atoms with E-state index in [9.17, 15) is 8.42 Å². The van der Waals surface area contributed by atoms with Gasteiger partial charge in [-0.05, 0) is 24.3 Å². The topological polar surface area (TPSA) is 63.4 Å². The molecule has 0 radical (unpaired) electrons. The summed E-state index contributed by atoms with van der Waals surface area (Å²) in [6.45, 7) is 0. The summed E-state index contributed by atoms with van der Waals surface area (Å²) in [4.78, 5) is 1.69. The molecule has 4 nitrogen and oxygen atoms in total. The van der Waals surface area contributed by atoms with Crippen molar-refractivity contribution in [1.82, 2.24) is 4.90 Å². The molecule has 0 aliphatic heterocycles. The molecule has 0 bridgehead atoms. The third kappa shape index (κ3) is 3.15. The van der Waals surface area contributed by atoms with Crippen LogP contribution in [-0.2, 0) is 9.84 Å². The highest BCUT2D eigenvalue weighted by Gasteiger charge is 2.12. The largest absolute Gasteiger partial charge is 0.385 e. The predicted molar refractivity (Wildman–Crippen MR) is 64.6 cm³/mol. The maximum atomic E-state index is 11.8. The average Bonchev–Trinajstić information content (AvgIpc) is 2.17. The molecule has 0 fully saturated rings. The smallest absolute Gasteiger partial charge is 0.203 e. The monoisotopic (exact) mass is 260 g/mol. The standard InChI is InChI=1S/C10H13ClN2O2S/c1-13(2)10(12)7-16(14,15)9-5-3-8(11)4-6-9/h3-7H,12H2,1-2H3. The highest BCUT2D eigenvalue weighted by Crippen LogP contribution is 2.16. The summed E-state index contributed by atoms with van der Waals surface area (Å²) in [5, 5.41) is 1.51. The molecule has 88 valence electrons. The molecule has 0 aromatic heterocycles. The summed E-state index contributed by atoms with van der Waals surface area (Å²) in [5.41, 5.74) is 5.55. The van der Waals surface area contributed by atoms with Crippen molar-refractivity contribution in [1.29, 1.82) is 0 Å². The van der Waals surface area contributed by atoms with Crippen LogP contribution in [0, 0.1) is 0 Å². The minimum absolute atomic E-state index is 0.168. The van der Waals surface area contributed by atoms with Crippen LogP contribution in [0.25, 0.3) is 0 Å². The zero-order valence-corrected chi connectivity index (χ0v) is 10.6. The van der Waals surface area contributed by atoms with Crippen molar-refractivity contribution in [2.24, 2.45) is 5.73 Å². The minimum Gasteiger partial charge on any atom is -0.385 e. The van der Waals surface area contributed by atoms with Crippen molar-refractivity contribution in [2.75, 3.05) is 14.1 Å². The number of halogens is 1. The molecule has 0 atom stereocenters. The SMILES string of the molecule is CN(C)C(N)=CS(=O)(=O)c1ccc(Cl)cc1. The molecule has 6 heteroatoms. The van der Waals surface area contributed by atoms with Gasteiger partial charge in [-0.25, -0.2) is 8.42 Å². The summed E-state index contributed by atoms with van der Waals surface area (Å²) in [7, 11) is -0.169. The van der Waals surface area contributed by atoms with Crippen LogP contribution in [0.1, 0.15) is 0 Å². The highest BCUT2D eigenvalue weighted by atomic mass is 35.5. The Hall–Kier alpha value is -1.20. The van der Waals surface area contributed by atoms with Gasteiger partial charge in [0.1, 0.15) is 5.82 Å². The first kappa shape index (κ1) is 12.9. The minimum atomic E-state index is -3.51. The lowest BCUT2D eigenvalue weighted by Gasteiger charge is -2.11. The number of benzene rings is 1. The fourth-order valence-electron chi connectivity index (χ4n) is 0.957. The van der Waals surface area contributed by atoms with Crippen molar-refractivity contribution >= 4 is 21.4 Å². The van der Waals surface area contributed by atoms with Crippen LogP contribution in [0.5, 0.6) is 0 Å². The van der Waals surface area contributed by atoms with E-state index in [0.29, 0.717) is 5.02 Å². The van der Waals surface area contributed by atoms with Crippen molar-refractivity contribution in [3.05, 3.63) is 40.5 Å². The second-order valence-corrected chi connectivity index (χ2v) is 5.67. The Labute approximate surface area is 100 Å². The second-order valence-electron chi connectivity index (χ2n) is 3.44. The van der Waals surface area contributed by atoms with Crippen LogP contribution in [0.3, 0.4) is 0 Å². The average molecular weight is 261 g/mol. The van der Waals surface area contributed by atoms with Gasteiger partial charge >= 0.3 is 0 Å². The molecule has 0 saturated carbocycles. The Morgan fingerprint density at radius 3 is 2.25 bits per heavy atom. The highest BCUT2D eigenvalue weighted by molar-refractivity contribution is 7.94. The van der Waals surface area contributed by atoms with Gasteiger partial charge in [-0.1, -0.05) is 11.6 Å². The molecule has 2 N–H and O–H groups in total. The molecular formula is C10H13ClN2O2S. The Bertz CT molecular complexity index is 492. The fraction of sp³-hybridized carbons (Fsp3) is 0.200. The van der Waals surface area contributed by atoms with Gasteiger partial charge in [0.15, 0.2) is 0 Å². The van der Waals surface area contributed by atoms with E-state index in [4.69, 9.17) is 17.3 Å². The molecule has 0 heterocycles. The van der Waals surface area contributed by atoms with Crippen LogP contribution in [0.15, 0.2) is 40.4 Å². The molecule has 0 saturated heterocycles. The zero-order chi connectivity index (χ0) is 12.3. The van der Waals surface area contributed by atoms with Crippen molar-refractivity contribution in [2.45, 2.75) is 4.90 Å². The molecule has 0 aliphatic rings. The third-order valence-corrected chi connectivity index (χ3v) is 3.67. The van der Waals surface area contributed by atoms with Crippen LogP contribution >= 0.6 is 11.6 Å². The van der Waals surface area contributed by atoms with Gasteiger partial charge in [-0.15, -0.1) is 0 Å². The molecule has 0 aliphatic carbocycles. The summed E-state index contributed by atoms with van der Waals surface area (Å²) in [6.07, 6.45) is 0.